The topological polar surface area (TPSA) is 199 Å². The number of carbonyl (C=O) groups excluding carboxylic acids is 3. The monoisotopic (exact) mass is 462 g/mol. The Hall–Kier alpha value is -2.38. The lowest BCUT2D eigenvalue weighted by Gasteiger charge is -2.28. The first-order valence-electron chi connectivity index (χ1n) is 9.83. The van der Waals surface area contributed by atoms with Crippen molar-refractivity contribution in [1.29, 1.82) is 0 Å². The Labute approximate surface area is 183 Å². The minimum absolute atomic E-state index is 0.166. The fraction of sp³-hybridized carbons (Fsp3) is 0.722. The first kappa shape index (κ1) is 26.7. The third kappa shape index (κ3) is 8.34. The highest BCUT2D eigenvalue weighted by Gasteiger charge is 2.38. The standard InChI is InChI=1S/C18H30N4O8S/c1-31-8-6-10(19)15(26)21-12(9-23)16(27)20-11(4-5-14(24)25)17(28)22-7-2-3-13(22)18(29)30/h10-13,23H,2-9,19H2,1H3,(H,20,27)(H,21,26)(H,24,25)(H,29,30). The predicted octanol–water partition coefficient (Wildman–Crippen LogP) is -2.03. The molecule has 1 aliphatic heterocycles. The van der Waals surface area contributed by atoms with E-state index in [1.807, 2.05) is 6.26 Å². The molecular weight excluding hydrogens is 432 g/mol. The number of aliphatic hydroxyl groups is 1. The molecule has 0 spiro atoms. The Morgan fingerprint density at radius 2 is 1.74 bits per heavy atom. The molecule has 3 amide bonds. The van der Waals surface area contributed by atoms with Crippen molar-refractivity contribution in [3.8, 4) is 0 Å². The van der Waals surface area contributed by atoms with E-state index in [1.165, 1.54) is 11.8 Å². The van der Waals surface area contributed by atoms with Crippen LogP contribution < -0.4 is 16.4 Å². The molecule has 0 aromatic rings. The molecule has 4 atom stereocenters. The fourth-order valence-electron chi connectivity index (χ4n) is 3.13. The molecule has 1 saturated heterocycles. The SMILES string of the molecule is CSCCC(N)C(=O)NC(CO)C(=O)NC(CCC(=O)O)C(=O)N1CCCC1C(=O)O. The number of nitrogens with one attached hydrogen (secondary N) is 2. The Bertz CT molecular complexity index is 677. The predicted molar refractivity (Wildman–Crippen MR) is 111 cm³/mol. The van der Waals surface area contributed by atoms with Gasteiger partial charge in [-0.25, -0.2) is 4.79 Å². The molecule has 176 valence electrons. The molecule has 0 saturated carbocycles. The van der Waals surface area contributed by atoms with E-state index in [9.17, 15) is 34.2 Å². The van der Waals surface area contributed by atoms with E-state index in [1.54, 1.807) is 0 Å². The van der Waals surface area contributed by atoms with Crippen LogP contribution in [0.25, 0.3) is 0 Å². The van der Waals surface area contributed by atoms with E-state index in [2.05, 4.69) is 10.6 Å². The summed E-state index contributed by atoms with van der Waals surface area (Å²) in [6.45, 7) is -0.603. The molecule has 1 fully saturated rings. The van der Waals surface area contributed by atoms with Gasteiger partial charge in [0.15, 0.2) is 0 Å². The van der Waals surface area contributed by atoms with Crippen LogP contribution in [0, 0.1) is 0 Å². The van der Waals surface area contributed by atoms with Crippen LogP contribution in [0.2, 0.25) is 0 Å². The van der Waals surface area contributed by atoms with E-state index in [0.29, 0.717) is 18.6 Å². The summed E-state index contributed by atoms with van der Waals surface area (Å²) in [4.78, 5) is 61.0. The third-order valence-corrected chi connectivity index (χ3v) is 5.51. The molecule has 0 aromatic heterocycles. The fourth-order valence-corrected chi connectivity index (χ4v) is 3.62. The van der Waals surface area contributed by atoms with Gasteiger partial charge in [-0.2, -0.15) is 11.8 Å². The van der Waals surface area contributed by atoms with Crippen molar-refractivity contribution >= 4 is 41.4 Å². The van der Waals surface area contributed by atoms with Gasteiger partial charge in [0.1, 0.15) is 18.1 Å². The summed E-state index contributed by atoms with van der Waals surface area (Å²) >= 11 is 1.49. The number of nitrogens with two attached hydrogens (primary N) is 1. The van der Waals surface area contributed by atoms with Crippen LogP contribution in [-0.2, 0) is 24.0 Å². The highest BCUT2D eigenvalue weighted by atomic mass is 32.2. The quantitative estimate of drug-likeness (QED) is 0.177. The maximum absolute atomic E-state index is 12.9. The van der Waals surface area contributed by atoms with Gasteiger partial charge in [0.2, 0.25) is 17.7 Å². The summed E-state index contributed by atoms with van der Waals surface area (Å²) in [5.74, 6) is -4.04. The van der Waals surface area contributed by atoms with Gasteiger partial charge in [-0.3, -0.25) is 19.2 Å². The maximum atomic E-state index is 12.9. The van der Waals surface area contributed by atoms with Crippen molar-refractivity contribution in [2.75, 3.05) is 25.2 Å². The summed E-state index contributed by atoms with van der Waals surface area (Å²) in [5, 5.41) is 32.4. The largest absolute Gasteiger partial charge is 0.481 e. The van der Waals surface area contributed by atoms with E-state index >= 15 is 0 Å². The van der Waals surface area contributed by atoms with Gasteiger partial charge in [-0.05, 0) is 37.7 Å². The number of likely N-dealkylation sites (tertiary alicyclic amines) is 1. The van der Waals surface area contributed by atoms with Crippen molar-refractivity contribution in [1.82, 2.24) is 15.5 Å². The molecule has 12 nitrogen and oxygen atoms in total. The molecule has 0 aliphatic carbocycles. The van der Waals surface area contributed by atoms with E-state index in [4.69, 9.17) is 10.8 Å². The van der Waals surface area contributed by atoms with Crippen LogP contribution in [0.3, 0.4) is 0 Å². The highest BCUT2D eigenvalue weighted by molar-refractivity contribution is 7.98. The van der Waals surface area contributed by atoms with Crippen LogP contribution >= 0.6 is 11.8 Å². The molecule has 13 heteroatoms. The lowest BCUT2D eigenvalue weighted by Crippen LogP contribution is -2.58. The number of thioether (sulfide) groups is 1. The van der Waals surface area contributed by atoms with Gasteiger partial charge in [-0.15, -0.1) is 0 Å². The second-order valence-corrected chi connectivity index (χ2v) is 8.14. The van der Waals surface area contributed by atoms with E-state index in [0.717, 1.165) is 4.90 Å². The molecule has 0 aromatic carbocycles. The Morgan fingerprint density at radius 1 is 1.10 bits per heavy atom. The lowest BCUT2D eigenvalue weighted by molar-refractivity contribution is -0.150. The van der Waals surface area contributed by atoms with Crippen LogP contribution in [0.1, 0.15) is 32.1 Å². The second-order valence-electron chi connectivity index (χ2n) is 7.15. The molecule has 1 heterocycles. The van der Waals surface area contributed by atoms with Crippen molar-refractivity contribution < 1.29 is 39.3 Å². The molecule has 1 rings (SSSR count). The van der Waals surface area contributed by atoms with Gasteiger partial charge in [0.25, 0.3) is 0 Å². The van der Waals surface area contributed by atoms with Crippen molar-refractivity contribution in [3.05, 3.63) is 0 Å². The first-order chi connectivity index (χ1) is 14.6. The Kier molecular flexibility index (Phi) is 11.3. The van der Waals surface area contributed by atoms with E-state index in [-0.39, 0.29) is 19.4 Å². The first-order valence-corrected chi connectivity index (χ1v) is 11.2. The minimum atomic E-state index is -1.40. The molecule has 4 unspecified atom stereocenters. The molecule has 0 radical (unpaired) electrons. The zero-order valence-electron chi connectivity index (χ0n) is 17.3. The number of nitrogens with zero attached hydrogens (tertiary/aromatic N) is 1. The number of aliphatic carboxylic acids is 2. The Morgan fingerprint density at radius 3 is 2.29 bits per heavy atom. The second kappa shape index (κ2) is 13.1. The summed E-state index contributed by atoms with van der Waals surface area (Å²) in [6, 6.07) is -4.67. The number of rotatable bonds is 13. The van der Waals surface area contributed by atoms with Crippen LogP contribution in [-0.4, -0.2) is 99.2 Å². The summed E-state index contributed by atoms with van der Waals surface area (Å²) in [5.41, 5.74) is 5.74. The van der Waals surface area contributed by atoms with Gasteiger partial charge >= 0.3 is 11.9 Å². The van der Waals surface area contributed by atoms with Gasteiger partial charge in [0, 0.05) is 13.0 Å². The zero-order valence-corrected chi connectivity index (χ0v) is 18.1. The number of aliphatic hydroxyl groups excluding tert-OH is 1. The van der Waals surface area contributed by atoms with Crippen molar-refractivity contribution in [2.45, 2.75) is 56.3 Å². The van der Waals surface area contributed by atoms with Crippen molar-refractivity contribution in [3.63, 3.8) is 0 Å². The van der Waals surface area contributed by atoms with E-state index < -0.39 is 66.9 Å². The number of hydrogen-bond donors (Lipinski definition) is 6. The van der Waals surface area contributed by atoms with Crippen LogP contribution in [0.5, 0.6) is 0 Å². The third-order valence-electron chi connectivity index (χ3n) is 4.87. The average molecular weight is 463 g/mol. The summed E-state index contributed by atoms with van der Waals surface area (Å²) in [7, 11) is 0. The lowest BCUT2D eigenvalue weighted by atomic mass is 10.1. The highest BCUT2D eigenvalue weighted by Crippen LogP contribution is 2.19. The zero-order chi connectivity index (χ0) is 23.6. The number of carbonyl (C=O) groups is 5. The number of amides is 3. The minimum Gasteiger partial charge on any atom is -0.481 e. The Balaban J connectivity index is 2.87. The normalized spacial score (nSPS) is 18.7. The van der Waals surface area contributed by atoms with Crippen LogP contribution in [0.4, 0.5) is 0 Å². The number of carboxylic acid groups (broad SMARTS) is 2. The molecular formula is C18H30N4O8S. The molecule has 0 bridgehead atoms. The van der Waals surface area contributed by atoms with Crippen LogP contribution in [0.15, 0.2) is 0 Å². The summed E-state index contributed by atoms with van der Waals surface area (Å²) < 4.78 is 0. The molecule has 1 aliphatic rings. The average Bonchev–Trinajstić information content (AvgIpc) is 3.22. The molecule has 31 heavy (non-hydrogen) atoms. The van der Waals surface area contributed by atoms with Gasteiger partial charge in [0.05, 0.1) is 12.6 Å². The van der Waals surface area contributed by atoms with Gasteiger partial charge in [-0.1, -0.05) is 0 Å². The smallest absolute Gasteiger partial charge is 0.326 e. The number of hydrogen-bond acceptors (Lipinski definition) is 8. The van der Waals surface area contributed by atoms with Gasteiger partial charge < -0.3 is 36.6 Å². The number of carboxylic acids is 2. The summed E-state index contributed by atoms with van der Waals surface area (Å²) in [6.07, 6.45) is 2.20. The van der Waals surface area contributed by atoms with Crippen molar-refractivity contribution in [2.24, 2.45) is 5.73 Å². The molecule has 7 N–H and O–H groups in total. The maximum Gasteiger partial charge on any atom is 0.326 e.